The number of carbonyl (C=O) groups excluding carboxylic acids is 1. The van der Waals surface area contributed by atoms with Crippen LogP contribution in [0.2, 0.25) is 0 Å². The fraction of sp³-hybridized carbons (Fsp3) is 0.370. The number of carbonyl (C=O) groups is 1. The van der Waals surface area contributed by atoms with Crippen LogP contribution in [0.3, 0.4) is 0 Å². The number of amides is 1. The summed E-state index contributed by atoms with van der Waals surface area (Å²) >= 11 is 0. The predicted molar refractivity (Wildman–Crippen MR) is 140 cm³/mol. The molecule has 0 spiro atoms. The van der Waals surface area contributed by atoms with E-state index in [0.29, 0.717) is 42.4 Å². The van der Waals surface area contributed by atoms with Crippen molar-refractivity contribution in [2.75, 3.05) is 18.4 Å². The van der Waals surface area contributed by atoms with E-state index in [1.165, 1.54) is 6.20 Å². The number of hydrogen-bond acceptors (Lipinski definition) is 7. The SMILES string of the molecule is CC(C)(C)OC(=O)N1CCC[C@H](Nc2ncc(C(F)(F)F)c(-c3c[nH]c4cc(-c5ccnnc5)ccc34)n2)C1. The van der Waals surface area contributed by atoms with Crippen molar-refractivity contribution in [2.45, 2.75) is 51.4 Å². The van der Waals surface area contributed by atoms with Crippen LogP contribution in [0.25, 0.3) is 33.3 Å². The quantitative estimate of drug-likeness (QED) is 0.332. The number of aromatic amines is 1. The van der Waals surface area contributed by atoms with E-state index in [1.54, 1.807) is 50.2 Å². The number of ether oxygens (including phenoxy) is 1. The van der Waals surface area contributed by atoms with Gasteiger partial charge in [0.25, 0.3) is 0 Å². The molecule has 0 radical (unpaired) electrons. The third-order valence-electron chi connectivity index (χ3n) is 6.35. The highest BCUT2D eigenvalue weighted by molar-refractivity contribution is 5.97. The number of alkyl halides is 3. The average molecular weight is 540 g/mol. The summed E-state index contributed by atoms with van der Waals surface area (Å²) in [6.45, 7) is 6.26. The van der Waals surface area contributed by atoms with E-state index in [0.717, 1.165) is 17.3 Å². The van der Waals surface area contributed by atoms with Crippen molar-refractivity contribution in [3.63, 3.8) is 0 Å². The van der Waals surface area contributed by atoms with Crippen LogP contribution in [0.15, 0.2) is 49.1 Å². The molecule has 0 saturated carbocycles. The Labute approximate surface area is 222 Å². The monoisotopic (exact) mass is 539 g/mol. The second-order valence-corrected chi connectivity index (χ2v) is 10.5. The molecule has 1 amide bonds. The molecule has 9 nitrogen and oxygen atoms in total. The third-order valence-corrected chi connectivity index (χ3v) is 6.35. The largest absolute Gasteiger partial charge is 0.444 e. The molecule has 1 aliphatic heterocycles. The summed E-state index contributed by atoms with van der Waals surface area (Å²) < 4.78 is 47.5. The molecule has 0 unspecified atom stereocenters. The number of nitrogens with zero attached hydrogens (tertiary/aromatic N) is 5. The van der Waals surface area contributed by atoms with Crippen LogP contribution in [-0.4, -0.2) is 60.9 Å². The van der Waals surface area contributed by atoms with Crippen molar-refractivity contribution in [3.05, 3.63) is 54.6 Å². The van der Waals surface area contributed by atoms with Crippen LogP contribution in [0.5, 0.6) is 0 Å². The smallest absolute Gasteiger partial charge is 0.419 e. The molecular weight excluding hydrogens is 511 g/mol. The summed E-state index contributed by atoms with van der Waals surface area (Å²) in [5.74, 6) is 0.0582. The molecule has 5 rings (SSSR count). The maximum Gasteiger partial charge on any atom is 0.419 e. The van der Waals surface area contributed by atoms with E-state index in [-0.39, 0.29) is 17.7 Å². The first-order valence-electron chi connectivity index (χ1n) is 12.6. The van der Waals surface area contributed by atoms with Crippen molar-refractivity contribution in [3.8, 4) is 22.4 Å². The molecule has 0 aliphatic carbocycles. The minimum absolute atomic E-state index is 0.0582. The van der Waals surface area contributed by atoms with Crippen LogP contribution in [-0.2, 0) is 10.9 Å². The molecule has 1 aromatic carbocycles. The minimum atomic E-state index is -4.65. The van der Waals surface area contributed by atoms with E-state index >= 15 is 0 Å². The van der Waals surface area contributed by atoms with Crippen LogP contribution in [0.1, 0.15) is 39.2 Å². The van der Waals surface area contributed by atoms with E-state index in [1.807, 2.05) is 12.1 Å². The Morgan fingerprint density at radius 1 is 1.13 bits per heavy atom. The highest BCUT2D eigenvalue weighted by atomic mass is 19.4. The molecule has 39 heavy (non-hydrogen) atoms. The molecule has 12 heteroatoms. The lowest BCUT2D eigenvalue weighted by Gasteiger charge is -2.34. The number of piperidine rings is 1. The fourth-order valence-corrected chi connectivity index (χ4v) is 4.60. The van der Waals surface area contributed by atoms with Crippen molar-refractivity contribution < 1.29 is 22.7 Å². The standard InChI is InChI=1S/C27H28F3N7O2/c1-26(2,3)39-25(38)37-10-4-5-18(15-37)35-24-32-14-21(27(28,29)30)23(36-24)20-13-31-22-11-16(6-7-19(20)22)17-8-9-33-34-12-17/h6-9,11-14,18,31H,4-5,10,15H2,1-3H3,(H,32,35,36)/t18-/m0/s1. The summed E-state index contributed by atoms with van der Waals surface area (Å²) in [4.78, 5) is 25.5. The lowest BCUT2D eigenvalue weighted by atomic mass is 10.0. The van der Waals surface area contributed by atoms with Gasteiger partial charge in [0, 0.05) is 53.6 Å². The van der Waals surface area contributed by atoms with Gasteiger partial charge in [-0.25, -0.2) is 14.8 Å². The summed E-state index contributed by atoms with van der Waals surface area (Å²) in [6.07, 6.45) is 1.84. The zero-order valence-corrected chi connectivity index (χ0v) is 21.7. The van der Waals surface area contributed by atoms with E-state index in [2.05, 4.69) is 30.5 Å². The maximum atomic E-state index is 14.0. The van der Waals surface area contributed by atoms with Gasteiger partial charge >= 0.3 is 12.3 Å². The van der Waals surface area contributed by atoms with Gasteiger partial charge in [-0.15, -0.1) is 0 Å². The molecular formula is C27H28F3N7O2. The van der Waals surface area contributed by atoms with Gasteiger partial charge in [0.2, 0.25) is 5.95 Å². The number of nitrogens with one attached hydrogen (secondary N) is 2. The lowest BCUT2D eigenvalue weighted by Crippen LogP contribution is -2.47. The number of H-pyrrole nitrogens is 1. The lowest BCUT2D eigenvalue weighted by molar-refractivity contribution is -0.137. The number of anilines is 1. The molecule has 2 N–H and O–H groups in total. The summed E-state index contributed by atoms with van der Waals surface area (Å²) in [7, 11) is 0. The van der Waals surface area contributed by atoms with Gasteiger partial charge in [-0.3, -0.25) is 0 Å². The fourth-order valence-electron chi connectivity index (χ4n) is 4.60. The number of fused-ring (bicyclic) bond motifs is 1. The molecule has 1 fully saturated rings. The van der Waals surface area contributed by atoms with Gasteiger partial charge in [-0.2, -0.15) is 23.4 Å². The highest BCUT2D eigenvalue weighted by Gasteiger charge is 2.36. The first-order chi connectivity index (χ1) is 18.5. The van der Waals surface area contributed by atoms with E-state index < -0.39 is 23.4 Å². The number of halogens is 3. The highest BCUT2D eigenvalue weighted by Crippen LogP contribution is 2.39. The molecule has 204 valence electrons. The van der Waals surface area contributed by atoms with Gasteiger partial charge in [0.15, 0.2) is 0 Å². The Morgan fingerprint density at radius 3 is 2.67 bits per heavy atom. The first-order valence-corrected chi connectivity index (χ1v) is 12.6. The number of benzene rings is 1. The summed E-state index contributed by atoms with van der Waals surface area (Å²) in [5, 5.41) is 11.4. The van der Waals surface area contributed by atoms with Gasteiger partial charge in [0.1, 0.15) is 11.2 Å². The predicted octanol–water partition coefficient (Wildman–Crippen LogP) is 5.91. The van der Waals surface area contributed by atoms with Gasteiger partial charge in [0.05, 0.1) is 18.1 Å². The Kier molecular flexibility index (Phi) is 6.87. The van der Waals surface area contributed by atoms with Crippen LogP contribution in [0, 0.1) is 0 Å². The molecule has 1 saturated heterocycles. The normalized spacial score (nSPS) is 16.4. The molecule has 1 atom stereocenters. The van der Waals surface area contributed by atoms with Crippen molar-refractivity contribution in [1.29, 1.82) is 0 Å². The number of likely N-dealkylation sites (tertiary alicyclic amines) is 1. The number of rotatable bonds is 4. The Bertz CT molecular complexity index is 1480. The molecule has 4 aromatic rings. The minimum Gasteiger partial charge on any atom is -0.444 e. The van der Waals surface area contributed by atoms with Crippen molar-refractivity contribution in [1.82, 2.24) is 30.0 Å². The second kappa shape index (κ2) is 10.2. The van der Waals surface area contributed by atoms with Gasteiger partial charge in [-0.05, 0) is 51.3 Å². The molecule has 0 bridgehead atoms. The van der Waals surface area contributed by atoms with Gasteiger partial charge in [-0.1, -0.05) is 12.1 Å². The average Bonchev–Trinajstić information content (AvgIpc) is 3.31. The maximum absolute atomic E-state index is 14.0. The Balaban J connectivity index is 1.44. The van der Waals surface area contributed by atoms with Gasteiger partial charge < -0.3 is 19.9 Å². The third kappa shape index (κ3) is 5.94. The van der Waals surface area contributed by atoms with Crippen molar-refractivity contribution in [2.24, 2.45) is 0 Å². The molecule has 3 aromatic heterocycles. The van der Waals surface area contributed by atoms with Crippen LogP contribution < -0.4 is 5.32 Å². The first kappa shape index (κ1) is 26.4. The van der Waals surface area contributed by atoms with E-state index in [9.17, 15) is 18.0 Å². The second-order valence-electron chi connectivity index (χ2n) is 10.5. The van der Waals surface area contributed by atoms with E-state index in [4.69, 9.17) is 4.74 Å². The zero-order chi connectivity index (χ0) is 27.8. The number of aromatic nitrogens is 5. The molecule has 4 heterocycles. The zero-order valence-electron chi connectivity index (χ0n) is 21.7. The van der Waals surface area contributed by atoms with Crippen LogP contribution in [0.4, 0.5) is 23.9 Å². The van der Waals surface area contributed by atoms with Crippen LogP contribution >= 0.6 is 0 Å². The Morgan fingerprint density at radius 2 is 1.95 bits per heavy atom. The number of hydrogen-bond donors (Lipinski definition) is 2. The Hall–Kier alpha value is -4.22. The summed E-state index contributed by atoms with van der Waals surface area (Å²) in [6, 6.07) is 6.98. The van der Waals surface area contributed by atoms with Crippen molar-refractivity contribution >= 4 is 22.9 Å². The molecule has 1 aliphatic rings. The summed E-state index contributed by atoms with van der Waals surface area (Å²) in [5.41, 5.74) is 0.846. The topological polar surface area (TPSA) is 109 Å².